The minimum Gasteiger partial charge on any atom is -0.457 e. The number of anilines is 1. The number of hydrogen-bond acceptors (Lipinski definition) is 5. The number of benzene rings is 2. The van der Waals surface area contributed by atoms with Gasteiger partial charge in [0.2, 0.25) is 5.71 Å². The van der Waals surface area contributed by atoms with Crippen LogP contribution in [0.15, 0.2) is 53.6 Å². The van der Waals surface area contributed by atoms with Gasteiger partial charge in [-0.2, -0.15) is 28.8 Å². The number of hydrogen-bond donors (Lipinski definition) is 1. The van der Waals surface area contributed by atoms with Crippen LogP contribution in [0.1, 0.15) is 5.56 Å². The lowest BCUT2D eigenvalue weighted by Crippen LogP contribution is -2.09. The molecule has 8 heteroatoms. The van der Waals surface area contributed by atoms with Crippen LogP contribution >= 0.6 is 0 Å². The molecule has 0 aliphatic rings. The first-order chi connectivity index (χ1) is 11.4. The quantitative estimate of drug-likeness (QED) is 0.669. The van der Waals surface area contributed by atoms with E-state index in [4.69, 9.17) is 15.3 Å². The van der Waals surface area contributed by atoms with Crippen molar-refractivity contribution in [3.63, 3.8) is 0 Å². The molecule has 0 aromatic heterocycles. The number of rotatable bonds is 4. The molecule has 0 aliphatic heterocycles. The van der Waals surface area contributed by atoms with E-state index in [2.05, 4.69) is 10.5 Å². The van der Waals surface area contributed by atoms with Gasteiger partial charge >= 0.3 is 6.18 Å². The van der Waals surface area contributed by atoms with Crippen molar-refractivity contribution in [3.8, 4) is 23.6 Å². The van der Waals surface area contributed by atoms with E-state index in [0.29, 0.717) is 5.75 Å². The van der Waals surface area contributed by atoms with Gasteiger partial charge in [0.25, 0.3) is 0 Å². The summed E-state index contributed by atoms with van der Waals surface area (Å²) in [6.07, 6.45) is -4.67. The average Bonchev–Trinajstić information content (AvgIpc) is 2.57. The van der Waals surface area contributed by atoms with E-state index in [1.165, 1.54) is 18.2 Å². The molecular weight excluding hydrogens is 321 g/mol. The Labute approximate surface area is 135 Å². The van der Waals surface area contributed by atoms with Crippen LogP contribution in [-0.2, 0) is 6.18 Å². The summed E-state index contributed by atoms with van der Waals surface area (Å²) in [7, 11) is 0. The van der Waals surface area contributed by atoms with Crippen LogP contribution in [0.4, 0.5) is 18.9 Å². The molecule has 2 aromatic rings. The van der Waals surface area contributed by atoms with Gasteiger partial charge in [-0.15, -0.1) is 0 Å². The van der Waals surface area contributed by atoms with E-state index in [1.807, 2.05) is 0 Å². The fraction of sp³-hybridized carbons (Fsp3) is 0.0625. The molecule has 0 atom stereocenters. The van der Waals surface area contributed by atoms with Gasteiger partial charge in [-0.3, -0.25) is 5.43 Å². The largest absolute Gasteiger partial charge is 0.457 e. The maximum absolute atomic E-state index is 13.2. The van der Waals surface area contributed by atoms with E-state index < -0.39 is 23.1 Å². The Morgan fingerprint density at radius 1 is 1.00 bits per heavy atom. The summed E-state index contributed by atoms with van der Waals surface area (Å²) in [6.45, 7) is 0. The van der Waals surface area contributed by atoms with Crippen LogP contribution in [0.3, 0.4) is 0 Å². The topological polar surface area (TPSA) is 81.2 Å². The minimum atomic E-state index is -4.67. The molecule has 0 heterocycles. The Bertz CT molecular complexity index is 817. The average molecular weight is 330 g/mol. The van der Waals surface area contributed by atoms with Gasteiger partial charge in [0, 0.05) is 0 Å². The third kappa shape index (κ3) is 4.24. The van der Waals surface area contributed by atoms with Gasteiger partial charge in [-0.05, 0) is 30.3 Å². The third-order valence-corrected chi connectivity index (χ3v) is 2.78. The van der Waals surface area contributed by atoms with Gasteiger partial charge in [0.15, 0.2) is 0 Å². The van der Waals surface area contributed by atoms with Crippen LogP contribution in [0.5, 0.6) is 11.5 Å². The minimum absolute atomic E-state index is 0.0103. The lowest BCUT2D eigenvalue weighted by Gasteiger charge is -2.14. The highest BCUT2D eigenvalue weighted by atomic mass is 19.4. The first-order valence-corrected chi connectivity index (χ1v) is 6.52. The van der Waals surface area contributed by atoms with Crippen molar-refractivity contribution >= 4 is 11.4 Å². The molecule has 5 nitrogen and oxygen atoms in total. The molecule has 0 saturated carbocycles. The van der Waals surface area contributed by atoms with Crippen molar-refractivity contribution in [2.75, 3.05) is 5.43 Å². The number of hydrazone groups is 1. The molecule has 24 heavy (non-hydrogen) atoms. The summed E-state index contributed by atoms with van der Waals surface area (Å²) in [5.41, 5.74) is 0.0604. The molecule has 0 radical (unpaired) electrons. The highest BCUT2D eigenvalue weighted by molar-refractivity contribution is 6.10. The van der Waals surface area contributed by atoms with Crippen molar-refractivity contribution in [2.24, 2.45) is 5.10 Å². The molecule has 1 N–H and O–H groups in total. The lowest BCUT2D eigenvalue weighted by molar-refractivity contribution is -0.137. The molecule has 2 aromatic carbocycles. The summed E-state index contributed by atoms with van der Waals surface area (Å²) in [5.74, 6) is 0.379. The molecule has 0 bridgehead atoms. The molecule has 0 saturated heterocycles. The monoisotopic (exact) mass is 330 g/mol. The first-order valence-electron chi connectivity index (χ1n) is 6.52. The Balaban J connectivity index is 2.35. The van der Waals surface area contributed by atoms with Gasteiger partial charge in [-0.1, -0.05) is 18.2 Å². The Hall–Kier alpha value is -3.52. The van der Waals surface area contributed by atoms with Crippen LogP contribution in [0.25, 0.3) is 0 Å². The summed E-state index contributed by atoms with van der Waals surface area (Å²) >= 11 is 0. The van der Waals surface area contributed by atoms with Crippen LogP contribution < -0.4 is 10.2 Å². The van der Waals surface area contributed by atoms with Gasteiger partial charge in [0.1, 0.15) is 23.6 Å². The fourth-order valence-corrected chi connectivity index (χ4v) is 1.73. The molecule has 0 fully saturated rings. The molecule has 0 spiro atoms. The Kier molecular flexibility index (Phi) is 5.03. The fourth-order valence-electron chi connectivity index (χ4n) is 1.73. The number of nitrogens with one attached hydrogen (secondary N) is 1. The third-order valence-electron chi connectivity index (χ3n) is 2.78. The lowest BCUT2D eigenvalue weighted by atomic mass is 10.1. The predicted octanol–water partition coefficient (Wildman–Crippen LogP) is 4.31. The van der Waals surface area contributed by atoms with E-state index >= 15 is 0 Å². The first kappa shape index (κ1) is 16.8. The standard InChI is InChI=1S/C16H9F3N4O/c17-16(18,19)14-8-13(24-12-4-2-1-3-5-12)6-7-15(14)23-22-11(9-20)10-21/h1-8,23H. The number of halogens is 3. The normalized spacial score (nSPS) is 10.2. The highest BCUT2D eigenvalue weighted by Crippen LogP contribution is 2.38. The van der Waals surface area contributed by atoms with Crippen LogP contribution in [0.2, 0.25) is 0 Å². The van der Waals surface area contributed by atoms with Gasteiger partial charge in [-0.25, -0.2) is 0 Å². The molecular formula is C16H9F3N4O. The molecule has 0 unspecified atom stereocenters. The second-order valence-corrected chi connectivity index (χ2v) is 4.42. The van der Waals surface area contributed by atoms with E-state index in [-0.39, 0.29) is 5.75 Å². The van der Waals surface area contributed by atoms with Crippen LogP contribution in [-0.4, -0.2) is 5.71 Å². The van der Waals surface area contributed by atoms with E-state index in [1.54, 1.807) is 30.3 Å². The number of alkyl halides is 3. The van der Waals surface area contributed by atoms with Crippen LogP contribution in [0, 0.1) is 22.7 Å². The summed E-state index contributed by atoms with van der Waals surface area (Å²) in [5, 5.41) is 20.4. The predicted molar refractivity (Wildman–Crippen MR) is 80.2 cm³/mol. The maximum Gasteiger partial charge on any atom is 0.418 e. The smallest absolute Gasteiger partial charge is 0.418 e. The second kappa shape index (κ2) is 7.16. The van der Waals surface area contributed by atoms with Crippen molar-refractivity contribution < 1.29 is 17.9 Å². The summed E-state index contributed by atoms with van der Waals surface area (Å²) in [6, 6.07) is 14.5. The molecule has 120 valence electrons. The van der Waals surface area contributed by atoms with Crippen molar-refractivity contribution in [1.82, 2.24) is 0 Å². The number of para-hydroxylation sites is 1. The van der Waals surface area contributed by atoms with Crippen molar-refractivity contribution in [2.45, 2.75) is 6.18 Å². The van der Waals surface area contributed by atoms with Crippen molar-refractivity contribution in [1.29, 1.82) is 10.5 Å². The van der Waals surface area contributed by atoms with E-state index in [9.17, 15) is 13.2 Å². The number of ether oxygens (including phenoxy) is 1. The van der Waals surface area contributed by atoms with Gasteiger partial charge in [0.05, 0.1) is 11.3 Å². The van der Waals surface area contributed by atoms with Crippen molar-refractivity contribution in [3.05, 3.63) is 54.1 Å². The molecule has 2 rings (SSSR count). The number of nitriles is 2. The zero-order valence-electron chi connectivity index (χ0n) is 12.0. The van der Waals surface area contributed by atoms with Gasteiger partial charge < -0.3 is 4.74 Å². The summed E-state index contributed by atoms with van der Waals surface area (Å²) in [4.78, 5) is 0. The zero-order valence-corrected chi connectivity index (χ0v) is 12.0. The Morgan fingerprint density at radius 3 is 2.25 bits per heavy atom. The second-order valence-electron chi connectivity index (χ2n) is 4.42. The molecule has 0 amide bonds. The Morgan fingerprint density at radius 2 is 1.67 bits per heavy atom. The zero-order chi connectivity index (χ0) is 17.6. The summed E-state index contributed by atoms with van der Waals surface area (Å²) < 4.78 is 44.9. The SMILES string of the molecule is N#CC(C#N)=NNc1ccc(Oc2ccccc2)cc1C(F)(F)F. The highest BCUT2D eigenvalue weighted by Gasteiger charge is 2.34. The molecule has 0 aliphatic carbocycles. The van der Waals surface area contributed by atoms with E-state index in [0.717, 1.165) is 12.1 Å². The maximum atomic E-state index is 13.2. The number of nitrogens with zero attached hydrogens (tertiary/aromatic N) is 3.